The summed E-state index contributed by atoms with van der Waals surface area (Å²) in [5, 5.41) is 16.1. The summed E-state index contributed by atoms with van der Waals surface area (Å²) in [5.74, 6) is -0.735. The smallest absolute Gasteiger partial charge is 0.273 e. The summed E-state index contributed by atoms with van der Waals surface area (Å²) in [6.45, 7) is 0.554. The van der Waals surface area contributed by atoms with Crippen LogP contribution in [0.25, 0.3) is 10.9 Å². The van der Waals surface area contributed by atoms with Crippen molar-refractivity contribution in [2.45, 2.75) is 13.0 Å². The first-order valence-corrected chi connectivity index (χ1v) is 9.88. The van der Waals surface area contributed by atoms with Gasteiger partial charge in [-0.2, -0.15) is 5.10 Å². The molecule has 0 radical (unpaired) electrons. The van der Waals surface area contributed by atoms with Crippen molar-refractivity contribution < 1.29 is 14.1 Å². The van der Waals surface area contributed by atoms with Crippen molar-refractivity contribution in [3.63, 3.8) is 0 Å². The molecule has 0 aliphatic heterocycles. The summed E-state index contributed by atoms with van der Waals surface area (Å²) in [4.78, 5) is 22.8. The second-order valence-corrected chi connectivity index (χ2v) is 7.21. The number of aromatic nitrogens is 1. The van der Waals surface area contributed by atoms with Crippen LogP contribution >= 0.6 is 0 Å². The summed E-state index contributed by atoms with van der Waals surface area (Å²) < 4.78 is 15.2. The number of nitro benzene ring substituents is 1. The van der Waals surface area contributed by atoms with E-state index in [-0.39, 0.29) is 17.9 Å². The van der Waals surface area contributed by atoms with Crippen molar-refractivity contribution in [2.24, 2.45) is 5.10 Å². The first kappa shape index (κ1) is 20.9. The van der Waals surface area contributed by atoms with Crippen molar-refractivity contribution in [1.82, 2.24) is 9.99 Å². The van der Waals surface area contributed by atoms with Crippen LogP contribution < -0.4 is 5.43 Å². The van der Waals surface area contributed by atoms with E-state index in [1.54, 1.807) is 36.5 Å². The van der Waals surface area contributed by atoms with E-state index in [2.05, 4.69) is 10.5 Å². The molecule has 0 saturated carbocycles. The molecule has 3 aromatic carbocycles. The number of hydrogen-bond acceptors (Lipinski definition) is 4. The number of hydrogen-bond donors (Lipinski definition) is 1. The Kier molecular flexibility index (Phi) is 6.03. The maximum absolute atomic E-state index is 13.2. The third-order valence-corrected chi connectivity index (χ3v) is 5.02. The molecule has 0 unspecified atom stereocenters. The molecule has 1 amide bonds. The van der Waals surface area contributed by atoms with Gasteiger partial charge in [0.2, 0.25) is 5.91 Å². The molecule has 32 heavy (non-hydrogen) atoms. The second kappa shape index (κ2) is 9.22. The minimum Gasteiger partial charge on any atom is -0.342 e. The SMILES string of the molecule is O=C(Cc1ccccc1[N+](=O)[O-])N/N=C/c1cn(Cc2ccc(F)cc2)c2ccccc12. The number of nitrogens with one attached hydrogen (secondary N) is 1. The summed E-state index contributed by atoms with van der Waals surface area (Å²) in [6, 6.07) is 20.2. The zero-order valence-electron chi connectivity index (χ0n) is 16.9. The lowest BCUT2D eigenvalue weighted by Gasteiger charge is -2.05. The van der Waals surface area contributed by atoms with Crippen molar-refractivity contribution in [3.8, 4) is 0 Å². The summed E-state index contributed by atoms with van der Waals surface area (Å²) in [7, 11) is 0. The lowest BCUT2D eigenvalue weighted by Crippen LogP contribution is -2.20. The third kappa shape index (κ3) is 4.70. The van der Waals surface area contributed by atoms with Crippen molar-refractivity contribution >= 4 is 28.7 Å². The number of carbonyl (C=O) groups is 1. The predicted octanol–water partition coefficient (Wildman–Crippen LogP) is 4.43. The third-order valence-electron chi connectivity index (χ3n) is 5.02. The maximum atomic E-state index is 13.2. The molecule has 0 fully saturated rings. The quantitative estimate of drug-likeness (QED) is 0.267. The van der Waals surface area contributed by atoms with E-state index in [0.717, 1.165) is 22.0 Å². The molecule has 4 rings (SSSR count). The Morgan fingerprint density at radius 2 is 1.78 bits per heavy atom. The highest BCUT2D eigenvalue weighted by Crippen LogP contribution is 2.21. The molecular weight excluding hydrogens is 411 g/mol. The highest BCUT2D eigenvalue weighted by atomic mass is 19.1. The fourth-order valence-electron chi connectivity index (χ4n) is 3.52. The van der Waals surface area contributed by atoms with Gasteiger partial charge in [0.1, 0.15) is 5.82 Å². The van der Waals surface area contributed by atoms with Gasteiger partial charge in [0.25, 0.3) is 5.69 Å². The molecule has 7 nitrogen and oxygen atoms in total. The van der Waals surface area contributed by atoms with Gasteiger partial charge in [0, 0.05) is 40.8 Å². The number of nitrogens with zero attached hydrogens (tertiary/aromatic N) is 3. The Morgan fingerprint density at radius 1 is 1.06 bits per heavy atom. The van der Waals surface area contributed by atoms with E-state index in [1.807, 2.05) is 35.0 Å². The number of carbonyl (C=O) groups excluding carboxylic acids is 1. The van der Waals surface area contributed by atoms with Crippen LogP contribution in [0.5, 0.6) is 0 Å². The van der Waals surface area contributed by atoms with Gasteiger partial charge in [-0.25, -0.2) is 9.82 Å². The first-order chi connectivity index (χ1) is 15.5. The van der Waals surface area contributed by atoms with E-state index >= 15 is 0 Å². The monoisotopic (exact) mass is 430 g/mol. The average molecular weight is 430 g/mol. The van der Waals surface area contributed by atoms with Gasteiger partial charge in [-0.1, -0.05) is 48.5 Å². The largest absolute Gasteiger partial charge is 0.342 e. The molecule has 0 spiro atoms. The summed E-state index contributed by atoms with van der Waals surface area (Å²) in [5.41, 5.74) is 5.38. The minimum atomic E-state index is -0.512. The van der Waals surface area contributed by atoms with Crippen molar-refractivity contribution in [3.05, 3.63) is 112 Å². The lowest BCUT2D eigenvalue weighted by atomic mass is 10.1. The molecule has 0 saturated heterocycles. The van der Waals surface area contributed by atoms with E-state index in [0.29, 0.717) is 12.1 Å². The lowest BCUT2D eigenvalue weighted by molar-refractivity contribution is -0.385. The van der Waals surface area contributed by atoms with Gasteiger partial charge in [-0.3, -0.25) is 14.9 Å². The van der Waals surface area contributed by atoms with Crippen LogP contribution in [0.2, 0.25) is 0 Å². The van der Waals surface area contributed by atoms with Crippen LogP contribution in [-0.4, -0.2) is 21.6 Å². The molecule has 0 atom stereocenters. The molecule has 0 bridgehead atoms. The Hall–Kier alpha value is -4.33. The van der Waals surface area contributed by atoms with E-state index in [4.69, 9.17) is 0 Å². The van der Waals surface area contributed by atoms with Crippen molar-refractivity contribution in [1.29, 1.82) is 0 Å². The highest BCUT2D eigenvalue weighted by molar-refractivity contribution is 5.99. The van der Waals surface area contributed by atoms with Gasteiger partial charge in [-0.05, 0) is 23.8 Å². The number of amides is 1. The van der Waals surface area contributed by atoms with Gasteiger partial charge < -0.3 is 4.57 Å². The van der Waals surface area contributed by atoms with E-state index < -0.39 is 10.8 Å². The molecule has 1 aromatic heterocycles. The average Bonchev–Trinajstić information content (AvgIpc) is 3.13. The number of nitro groups is 1. The number of hydrazone groups is 1. The first-order valence-electron chi connectivity index (χ1n) is 9.88. The summed E-state index contributed by atoms with van der Waals surface area (Å²) in [6.07, 6.45) is 3.30. The highest BCUT2D eigenvalue weighted by Gasteiger charge is 2.15. The molecule has 160 valence electrons. The molecule has 4 aromatic rings. The van der Waals surface area contributed by atoms with Crippen LogP contribution in [0.4, 0.5) is 10.1 Å². The Balaban J connectivity index is 1.50. The van der Waals surface area contributed by atoms with E-state index in [1.165, 1.54) is 18.2 Å². The number of fused-ring (bicyclic) bond motifs is 1. The molecule has 1 heterocycles. The minimum absolute atomic E-state index is 0.101. The van der Waals surface area contributed by atoms with E-state index in [9.17, 15) is 19.3 Å². The normalized spacial score (nSPS) is 11.2. The second-order valence-electron chi connectivity index (χ2n) is 7.21. The number of para-hydroxylation sites is 2. The molecule has 0 aliphatic carbocycles. The fraction of sp³-hybridized carbons (Fsp3) is 0.0833. The maximum Gasteiger partial charge on any atom is 0.273 e. The van der Waals surface area contributed by atoms with Gasteiger partial charge >= 0.3 is 0 Å². The van der Waals surface area contributed by atoms with Crippen LogP contribution in [0.15, 0.2) is 84.1 Å². The number of benzene rings is 3. The zero-order chi connectivity index (χ0) is 22.5. The number of halogens is 1. The molecule has 0 aliphatic rings. The van der Waals surface area contributed by atoms with Gasteiger partial charge in [-0.15, -0.1) is 0 Å². The van der Waals surface area contributed by atoms with Crippen LogP contribution in [0.3, 0.4) is 0 Å². The Labute approximate surface area is 183 Å². The van der Waals surface area contributed by atoms with Crippen LogP contribution in [-0.2, 0) is 17.8 Å². The van der Waals surface area contributed by atoms with Gasteiger partial charge in [0.15, 0.2) is 0 Å². The van der Waals surface area contributed by atoms with Gasteiger partial charge in [0.05, 0.1) is 17.6 Å². The predicted molar refractivity (Wildman–Crippen MR) is 120 cm³/mol. The standard InChI is InChI=1S/C24H19FN4O3/c25-20-11-9-17(10-12-20)15-28-16-19(21-6-2-4-8-23(21)28)14-26-27-24(30)13-18-5-1-3-7-22(18)29(31)32/h1-12,14,16H,13,15H2,(H,27,30)/b26-14+. The Morgan fingerprint density at radius 3 is 2.56 bits per heavy atom. The molecular formula is C24H19FN4O3. The topological polar surface area (TPSA) is 89.5 Å². The molecule has 1 N–H and O–H groups in total. The summed E-state index contributed by atoms with van der Waals surface area (Å²) >= 11 is 0. The van der Waals surface area contributed by atoms with Crippen LogP contribution in [0.1, 0.15) is 16.7 Å². The fourth-order valence-corrected chi connectivity index (χ4v) is 3.52. The van der Waals surface area contributed by atoms with Crippen molar-refractivity contribution in [2.75, 3.05) is 0 Å². The number of rotatable bonds is 7. The van der Waals surface area contributed by atoms with Crippen LogP contribution in [0, 0.1) is 15.9 Å². The Bertz CT molecular complexity index is 1310. The molecule has 8 heteroatoms. The zero-order valence-corrected chi connectivity index (χ0v) is 16.9.